The molecule has 19 heavy (non-hydrogen) atoms. The molecule has 0 radical (unpaired) electrons. The molecule has 1 heterocycles. The van der Waals surface area contributed by atoms with Crippen molar-refractivity contribution in [3.05, 3.63) is 11.9 Å². The van der Waals surface area contributed by atoms with Gasteiger partial charge in [-0.3, -0.25) is 4.68 Å². The molecule has 1 fully saturated rings. The minimum atomic E-state index is 0.178. The Morgan fingerprint density at radius 3 is 2.95 bits per heavy atom. The van der Waals surface area contributed by atoms with Gasteiger partial charge in [-0.1, -0.05) is 11.6 Å². The van der Waals surface area contributed by atoms with E-state index >= 15 is 0 Å². The van der Waals surface area contributed by atoms with Gasteiger partial charge in [0.15, 0.2) is 0 Å². The summed E-state index contributed by atoms with van der Waals surface area (Å²) in [5.41, 5.74) is 0.927. The highest BCUT2D eigenvalue weighted by Gasteiger charge is 2.25. The van der Waals surface area contributed by atoms with Crippen LogP contribution in [0.3, 0.4) is 0 Å². The molecular formula is C13H24N4O2. The third-order valence-electron chi connectivity index (χ3n) is 3.90. The number of aliphatic hydroxyl groups is 2. The molecule has 2 rings (SSSR count). The summed E-state index contributed by atoms with van der Waals surface area (Å²) in [7, 11) is 0. The van der Waals surface area contributed by atoms with Gasteiger partial charge in [0.05, 0.1) is 5.69 Å². The standard InChI is InChI=1S/C13H24N4O2/c18-6-2-5-17-9-13(15-16-17)8-14-7-11-3-1-4-12(11)10-19/h9,11-12,14,18-19H,1-8,10H2. The molecule has 0 amide bonds. The number of rotatable bonds is 8. The van der Waals surface area contributed by atoms with Crippen molar-refractivity contribution in [3.63, 3.8) is 0 Å². The van der Waals surface area contributed by atoms with E-state index in [-0.39, 0.29) is 6.61 Å². The van der Waals surface area contributed by atoms with Crippen molar-refractivity contribution in [2.75, 3.05) is 19.8 Å². The molecule has 1 aromatic heterocycles. The van der Waals surface area contributed by atoms with Gasteiger partial charge >= 0.3 is 0 Å². The Balaban J connectivity index is 1.69. The number of hydrogen-bond acceptors (Lipinski definition) is 5. The Morgan fingerprint density at radius 2 is 2.16 bits per heavy atom. The first kappa shape index (κ1) is 14.4. The van der Waals surface area contributed by atoms with Gasteiger partial charge in [-0.2, -0.15) is 0 Å². The van der Waals surface area contributed by atoms with Crippen LogP contribution in [0.15, 0.2) is 6.20 Å². The van der Waals surface area contributed by atoms with Gasteiger partial charge in [-0.05, 0) is 37.6 Å². The molecule has 6 heteroatoms. The van der Waals surface area contributed by atoms with E-state index in [9.17, 15) is 5.11 Å². The van der Waals surface area contributed by atoms with Gasteiger partial charge in [0, 0.05) is 32.5 Å². The van der Waals surface area contributed by atoms with Gasteiger partial charge in [-0.25, -0.2) is 0 Å². The Hall–Kier alpha value is -0.980. The van der Waals surface area contributed by atoms with E-state index in [4.69, 9.17) is 5.11 Å². The summed E-state index contributed by atoms with van der Waals surface area (Å²) in [6, 6.07) is 0. The average Bonchev–Trinajstić information content (AvgIpc) is 3.05. The number of hydrogen-bond donors (Lipinski definition) is 3. The zero-order valence-electron chi connectivity index (χ0n) is 11.3. The van der Waals surface area contributed by atoms with Crippen molar-refractivity contribution in [1.82, 2.24) is 20.3 Å². The van der Waals surface area contributed by atoms with E-state index in [0.717, 1.165) is 18.7 Å². The van der Waals surface area contributed by atoms with Crippen LogP contribution in [0.5, 0.6) is 0 Å². The molecule has 0 saturated heterocycles. The summed E-state index contributed by atoms with van der Waals surface area (Å²) in [5, 5.41) is 29.5. The Bertz CT molecular complexity index is 369. The molecule has 2 atom stereocenters. The number of nitrogens with one attached hydrogen (secondary N) is 1. The Kier molecular flexibility index (Phi) is 5.75. The molecule has 1 aliphatic rings. The second kappa shape index (κ2) is 7.57. The molecule has 3 N–H and O–H groups in total. The van der Waals surface area contributed by atoms with Gasteiger partial charge < -0.3 is 15.5 Å². The van der Waals surface area contributed by atoms with E-state index in [2.05, 4.69) is 15.6 Å². The zero-order chi connectivity index (χ0) is 13.5. The SMILES string of the molecule is OCCCn1cc(CNCC2CCCC2CO)nn1. The first-order chi connectivity index (χ1) is 9.33. The lowest BCUT2D eigenvalue weighted by Gasteiger charge is -2.17. The van der Waals surface area contributed by atoms with Crippen LogP contribution in [-0.2, 0) is 13.1 Å². The summed E-state index contributed by atoms with van der Waals surface area (Å²) < 4.78 is 1.76. The van der Waals surface area contributed by atoms with Crippen LogP contribution in [0.4, 0.5) is 0 Å². The van der Waals surface area contributed by atoms with E-state index in [0.29, 0.717) is 38.0 Å². The van der Waals surface area contributed by atoms with Crippen molar-refractivity contribution in [3.8, 4) is 0 Å². The van der Waals surface area contributed by atoms with Crippen LogP contribution >= 0.6 is 0 Å². The van der Waals surface area contributed by atoms with E-state index in [1.54, 1.807) is 4.68 Å². The third kappa shape index (κ3) is 4.26. The summed E-state index contributed by atoms with van der Waals surface area (Å²) in [4.78, 5) is 0. The van der Waals surface area contributed by atoms with Crippen molar-refractivity contribution in [2.45, 2.75) is 38.8 Å². The van der Waals surface area contributed by atoms with Crippen LogP contribution in [0.25, 0.3) is 0 Å². The van der Waals surface area contributed by atoms with Gasteiger partial charge in [0.1, 0.15) is 0 Å². The lowest BCUT2D eigenvalue weighted by atomic mass is 9.97. The first-order valence-electron chi connectivity index (χ1n) is 7.15. The number of aromatic nitrogens is 3. The monoisotopic (exact) mass is 268 g/mol. The molecule has 0 spiro atoms. The fourth-order valence-corrected chi connectivity index (χ4v) is 2.77. The van der Waals surface area contributed by atoms with Crippen LogP contribution in [-0.4, -0.2) is 45.0 Å². The minimum Gasteiger partial charge on any atom is -0.396 e. The summed E-state index contributed by atoms with van der Waals surface area (Å²) >= 11 is 0. The van der Waals surface area contributed by atoms with Crippen LogP contribution < -0.4 is 5.32 Å². The maximum absolute atomic E-state index is 9.26. The van der Waals surface area contributed by atoms with Gasteiger partial charge in [-0.15, -0.1) is 5.10 Å². The molecular weight excluding hydrogens is 244 g/mol. The second-order valence-corrected chi connectivity index (χ2v) is 5.31. The highest BCUT2D eigenvalue weighted by Crippen LogP contribution is 2.30. The van der Waals surface area contributed by atoms with Crippen LogP contribution in [0, 0.1) is 11.8 Å². The van der Waals surface area contributed by atoms with Crippen molar-refractivity contribution < 1.29 is 10.2 Å². The molecule has 2 unspecified atom stereocenters. The predicted molar refractivity (Wildman–Crippen MR) is 71.3 cm³/mol. The molecule has 1 aliphatic carbocycles. The predicted octanol–water partition coefficient (Wildman–Crippen LogP) is 0.159. The van der Waals surface area contributed by atoms with Crippen molar-refractivity contribution >= 4 is 0 Å². The third-order valence-corrected chi connectivity index (χ3v) is 3.90. The second-order valence-electron chi connectivity index (χ2n) is 5.31. The van der Waals surface area contributed by atoms with Gasteiger partial charge in [0.25, 0.3) is 0 Å². The lowest BCUT2D eigenvalue weighted by Crippen LogP contribution is -2.26. The fourth-order valence-electron chi connectivity index (χ4n) is 2.77. The number of aryl methyl sites for hydroxylation is 1. The summed E-state index contributed by atoms with van der Waals surface area (Å²) in [6.07, 6.45) is 6.22. The van der Waals surface area contributed by atoms with E-state index < -0.39 is 0 Å². The quantitative estimate of drug-likeness (QED) is 0.625. The Labute approximate surface area is 113 Å². The maximum Gasteiger partial charge on any atom is 0.0964 e. The maximum atomic E-state index is 9.26. The highest BCUT2D eigenvalue weighted by atomic mass is 16.3. The number of nitrogens with zero attached hydrogens (tertiary/aromatic N) is 3. The van der Waals surface area contributed by atoms with Gasteiger partial charge in [0.2, 0.25) is 0 Å². The molecule has 6 nitrogen and oxygen atoms in total. The summed E-state index contributed by atoms with van der Waals surface area (Å²) in [6.45, 7) is 2.85. The normalized spacial score (nSPS) is 23.1. The van der Waals surface area contributed by atoms with Crippen LogP contribution in [0.1, 0.15) is 31.4 Å². The Morgan fingerprint density at radius 1 is 1.32 bits per heavy atom. The molecule has 1 aromatic rings. The smallest absolute Gasteiger partial charge is 0.0964 e. The van der Waals surface area contributed by atoms with Crippen molar-refractivity contribution in [2.24, 2.45) is 11.8 Å². The highest BCUT2D eigenvalue weighted by molar-refractivity contribution is 4.92. The minimum absolute atomic E-state index is 0.178. The molecule has 0 aromatic carbocycles. The summed E-state index contributed by atoms with van der Waals surface area (Å²) in [5.74, 6) is 1.06. The fraction of sp³-hybridized carbons (Fsp3) is 0.846. The van der Waals surface area contributed by atoms with E-state index in [1.807, 2.05) is 6.20 Å². The molecule has 0 bridgehead atoms. The molecule has 108 valence electrons. The molecule has 1 saturated carbocycles. The van der Waals surface area contributed by atoms with Crippen LogP contribution in [0.2, 0.25) is 0 Å². The zero-order valence-corrected chi connectivity index (χ0v) is 11.3. The largest absolute Gasteiger partial charge is 0.396 e. The molecule has 0 aliphatic heterocycles. The topological polar surface area (TPSA) is 83.2 Å². The average molecular weight is 268 g/mol. The first-order valence-corrected chi connectivity index (χ1v) is 7.15. The lowest BCUT2D eigenvalue weighted by molar-refractivity contribution is 0.192. The van der Waals surface area contributed by atoms with E-state index in [1.165, 1.54) is 12.8 Å². The van der Waals surface area contributed by atoms with Crippen molar-refractivity contribution in [1.29, 1.82) is 0 Å². The number of aliphatic hydroxyl groups excluding tert-OH is 2.